The number of anilines is 1. The van der Waals surface area contributed by atoms with Crippen molar-refractivity contribution in [2.24, 2.45) is 0 Å². The van der Waals surface area contributed by atoms with Crippen LogP contribution < -0.4 is 9.04 Å². The fourth-order valence-electron chi connectivity index (χ4n) is 3.75. The number of halogens is 1. The van der Waals surface area contributed by atoms with Crippen molar-refractivity contribution < 1.29 is 31.6 Å². The average Bonchev–Trinajstić information content (AvgIpc) is 3.09. The quantitative estimate of drug-likeness (QED) is 0.335. The van der Waals surface area contributed by atoms with Gasteiger partial charge >= 0.3 is 6.09 Å². The predicted octanol–water partition coefficient (Wildman–Crippen LogP) is 5.79. The molecule has 0 aliphatic rings. The van der Waals surface area contributed by atoms with Crippen molar-refractivity contribution in [2.75, 3.05) is 4.31 Å². The SMILES string of the molecule is CC(=O)c1c(C)oc2ccc(N(C(=O)Oc3ccccc3)S(=O)(=O)c3ccc(F)cc3C)cc12. The summed E-state index contributed by atoms with van der Waals surface area (Å²) < 4.78 is 52.4. The maximum Gasteiger partial charge on any atom is 0.434 e. The zero-order valence-electron chi connectivity index (χ0n) is 18.5. The second-order valence-electron chi connectivity index (χ2n) is 7.63. The van der Waals surface area contributed by atoms with E-state index in [2.05, 4.69) is 0 Å². The van der Waals surface area contributed by atoms with Gasteiger partial charge in [-0.1, -0.05) is 18.2 Å². The molecule has 3 aromatic carbocycles. The molecule has 0 radical (unpaired) electrons. The van der Waals surface area contributed by atoms with Crippen LogP contribution in [-0.4, -0.2) is 20.3 Å². The summed E-state index contributed by atoms with van der Waals surface area (Å²) in [5.74, 6) is -0.385. The minimum atomic E-state index is -4.54. The molecule has 174 valence electrons. The molecule has 9 heteroatoms. The maximum absolute atomic E-state index is 13.7. The van der Waals surface area contributed by atoms with Crippen molar-refractivity contribution in [3.05, 3.63) is 89.4 Å². The van der Waals surface area contributed by atoms with Gasteiger partial charge in [0.1, 0.15) is 22.9 Å². The van der Waals surface area contributed by atoms with Gasteiger partial charge in [0, 0.05) is 5.39 Å². The summed E-state index contributed by atoms with van der Waals surface area (Å²) in [5, 5.41) is 0.353. The van der Waals surface area contributed by atoms with E-state index in [1.54, 1.807) is 25.1 Å². The van der Waals surface area contributed by atoms with Crippen LogP contribution in [0.15, 0.2) is 76.0 Å². The molecule has 0 N–H and O–H groups in total. The number of carbonyl (C=O) groups excluding carboxylic acids is 2. The number of para-hydroxylation sites is 1. The number of carbonyl (C=O) groups is 2. The molecule has 0 saturated carbocycles. The number of hydrogen-bond donors (Lipinski definition) is 0. The first-order valence-electron chi connectivity index (χ1n) is 10.2. The van der Waals surface area contributed by atoms with Crippen molar-refractivity contribution in [3.8, 4) is 5.75 Å². The van der Waals surface area contributed by atoms with Gasteiger partial charge in [0.15, 0.2) is 5.78 Å². The standard InChI is InChI=1S/C25H20FNO6S/c1-15-13-18(26)9-12-23(15)34(30,31)27(25(29)33-20-7-5-4-6-8-20)19-10-11-22-21(14-19)24(16(2)28)17(3)32-22/h4-14H,1-3H3. The Hall–Kier alpha value is -3.98. The van der Waals surface area contributed by atoms with Crippen molar-refractivity contribution in [1.82, 2.24) is 0 Å². The highest BCUT2D eigenvalue weighted by Crippen LogP contribution is 2.33. The molecule has 1 aromatic heterocycles. The number of rotatable bonds is 5. The predicted molar refractivity (Wildman–Crippen MR) is 124 cm³/mol. The summed E-state index contributed by atoms with van der Waals surface area (Å²) in [6.45, 7) is 4.41. The maximum atomic E-state index is 13.7. The van der Waals surface area contributed by atoms with Gasteiger partial charge in [0.05, 0.1) is 16.1 Å². The fraction of sp³-hybridized carbons (Fsp3) is 0.120. The van der Waals surface area contributed by atoms with Crippen LogP contribution in [0.2, 0.25) is 0 Å². The van der Waals surface area contributed by atoms with Crippen molar-refractivity contribution in [1.29, 1.82) is 0 Å². The number of hydrogen-bond acceptors (Lipinski definition) is 6. The largest absolute Gasteiger partial charge is 0.461 e. The number of aryl methyl sites for hydroxylation is 2. The average molecular weight is 482 g/mol. The summed E-state index contributed by atoms with van der Waals surface area (Å²) in [6.07, 6.45) is -1.20. The number of furan rings is 1. The van der Waals surface area contributed by atoms with E-state index in [1.165, 1.54) is 44.2 Å². The minimum Gasteiger partial charge on any atom is -0.461 e. The lowest BCUT2D eigenvalue weighted by molar-refractivity contribution is 0.101. The van der Waals surface area contributed by atoms with Crippen LogP contribution in [0.1, 0.15) is 28.6 Å². The van der Waals surface area contributed by atoms with Crippen molar-refractivity contribution in [2.45, 2.75) is 25.7 Å². The van der Waals surface area contributed by atoms with Crippen LogP contribution in [0.5, 0.6) is 5.75 Å². The lowest BCUT2D eigenvalue weighted by Gasteiger charge is -2.23. The number of ketones is 1. The molecule has 4 aromatic rings. The summed E-state index contributed by atoms with van der Waals surface area (Å²) in [4.78, 5) is 25.1. The molecule has 0 aliphatic carbocycles. The lowest BCUT2D eigenvalue weighted by atomic mass is 10.1. The van der Waals surface area contributed by atoms with Crippen LogP contribution in [0.4, 0.5) is 14.9 Å². The van der Waals surface area contributed by atoms with E-state index in [0.29, 0.717) is 21.0 Å². The van der Waals surface area contributed by atoms with Gasteiger partial charge in [0.2, 0.25) is 0 Å². The number of sulfonamides is 1. The van der Waals surface area contributed by atoms with Crippen LogP contribution in [0.25, 0.3) is 11.0 Å². The number of ether oxygens (including phenoxy) is 1. The Morgan fingerprint density at radius 2 is 1.68 bits per heavy atom. The molecule has 0 spiro atoms. The van der Waals surface area contributed by atoms with E-state index in [4.69, 9.17) is 9.15 Å². The molecule has 0 atom stereocenters. The summed E-state index contributed by atoms with van der Waals surface area (Å²) in [6, 6.07) is 15.3. The van der Waals surface area contributed by atoms with Crippen LogP contribution >= 0.6 is 0 Å². The van der Waals surface area contributed by atoms with Gasteiger partial charge < -0.3 is 9.15 Å². The smallest absolute Gasteiger partial charge is 0.434 e. The zero-order chi connectivity index (χ0) is 24.6. The Labute approximate surface area is 195 Å². The monoisotopic (exact) mass is 481 g/mol. The summed E-state index contributed by atoms with van der Waals surface area (Å²) in [7, 11) is -4.54. The van der Waals surface area contributed by atoms with Crippen LogP contribution in [0, 0.1) is 19.7 Å². The van der Waals surface area contributed by atoms with E-state index in [0.717, 1.165) is 18.2 Å². The topological polar surface area (TPSA) is 93.9 Å². The second kappa shape index (κ2) is 8.75. The van der Waals surface area contributed by atoms with E-state index < -0.39 is 21.9 Å². The van der Waals surface area contributed by atoms with Crippen LogP contribution in [0.3, 0.4) is 0 Å². The number of nitrogens with zero attached hydrogens (tertiary/aromatic N) is 1. The fourth-order valence-corrected chi connectivity index (χ4v) is 5.27. The number of Topliss-reactive ketones (excluding diaryl/α,β-unsaturated/α-hetero) is 1. The number of benzene rings is 3. The Kier molecular flexibility index (Phi) is 5.97. The molecule has 4 rings (SSSR count). The Morgan fingerprint density at radius 1 is 0.971 bits per heavy atom. The Bertz CT molecular complexity index is 1530. The van der Waals surface area contributed by atoms with Crippen LogP contribution in [-0.2, 0) is 10.0 Å². The first-order chi connectivity index (χ1) is 16.1. The highest BCUT2D eigenvalue weighted by Gasteiger charge is 2.34. The van der Waals surface area contributed by atoms with E-state index in [1.807, 2.05) is 0 Å². The molecule has 1 amide bonds. The molecule has 7 nitrogen and oxygen atoms in total. The van der Waals surface area contributed by atoms with Gasteiger partial charge in [-0.15, -0.1) is 0 Å². The molecule has 0 aliphatic heterocycles. The second-order valence-corrected chi connectivity index (χ2v) is 9.39. The van der Waals surface area contributed by atoms with Gasteiger partial charge in [-0.3, -0.25) is 4.79 Å². The first-order valence-corrected chi connectivity index (χ1v) is 11.7. The minimum absolute atomic E-state index is 0.0690. The third-order valence-corrected chi connectivity index (χ3v) is 7.06. The molecule has 34 heavy (non-hydrogen) atoms. The van der Waals surface area contributed by atoms with Gasteiger partial charge in [0.25, 0.3) is 10.0 Å². The van der Waals surface area contributed by atoms with Gasteiger partial charge in [-0.2, -0.15) is 4.31 Å². The molecular formula is C25H20FNO6S. The lowest BCUT2D eigenvalue weighted by Crippen LogP contribution is -2.39. The summed E-state index contributed by atoms with van der Waals surface area (Å²) in [5.41, 5.74) is 0.685. The van der Waals surface area contributed by atoms with Crippen molar-refractivity contribution >= 4 is 38.6 Å². The first kappa shape index (κ1) is 23.2. The normalized spacial score (nSPS) is 11.4. The van der Waals surface area contributed by atoms with E-state index in [9.17, 15) is 22.4 Å². The highest BCUT2D eigenvalue weighted by atomic mass is 32.2. The Balaban J connectivity index is 1.91. The van der Waals surface area contributed by atoms with E-state index >= 15 is 0 Å². The van der Waals surface area contributed by atoms with Crippen molar-refractivity contribution in [3.63, 3.8) is 0 Å². The van der Waals surface area contributed by atoms with E-state index in [-0.39, 0.29) is 33.2 Å². The highest BCUT2D eigenvalue weighted by molar-refractivity contribution is 7.93. The molecule has 1 heterocycles. The van der Waals surface area contributed by atoms with Gasteiger partial charge in [-0.25, -0.2) is 17.6 Å². The molecular weight excluding hydrogens is 461 g/mol. The third kappa shape index (κ3) is 4.17. The van der Waals surface area contributed by atoms with Gasteiger partial charge in [-0.05, 0) is 74.9 Å². The zero-order valence-corrected chi connectivity index (χ0v) is 19.4. The summed E-state index contributed by atoms with van der Waals surface area (Å²) >= 11 is 0. The third-order valence-electron chi connectivity index (χ3n) is 5.20. The molecule has 0 saturated heterocycles. The number of fused-ring (bicyclic) bond motifs is 1. The molecule has 0 bridgehead atoms. The Morgan fingerprint density at radius 3 is 2.32 bits per heavy atom. The molecule has 0 fully saturated rings. The molecule has 0 unspecified atom stereocenters. The number of amides is 1.